The number of rotatable bonds is 4. The SMILES string of the molecule is CC(C)C[C@@H](N)C(=O)N1CCc2sccc2C1C1CC1. The molecule has 0 aromatic carbocycles. The molecule has 1 aliphatic carbocycles. The van der Waals surface area contributed by atoms with Crippen LogP contribution >= 0.6 is 11.3 Å². The second-order valence-corrected chi connectivity index (χ2v) is 7.60. The first-order valence-electron chi connectivity index (χ1n) is 7.70. The fraction of sp³-hybridized carbons (Fsp3) is 0.688. The van der Waals surface area contributed by atoms with E-state index in [0.29, 0.717) is 17.9 Å². The van der Waals surface area contributed by atoms with Gasteiger partial charge in [-0.3, -0.25) is 4.79 Å². The van der Waals surface area contributed by atoms with Gasteiger partial charge < -0.3 is 10.6 Å². The number of carbonyl (C=O) groups excluding carboxylic acids is 1. The van der Waals surface area contributed by atoms with Gasteiger partial charge in [-0.25, -0.2) is 0 Å². The van der Waals surface area contributed by atoms with Crippen molar-refractivity contribution in [1.82, 2.24) is 4.90 Å². The van der Waals surface area contributed by atoms with Crippen molar-refractivity contribution in [3.8, 4) is 0 Å². The molecular weight excluding hydrogens is 268 g/mol. The highest BCUT2D eigenvalue weighted by Gasteiger charge is 2.42. The van der Waals surface area contributed by atoms with Crippen molar-refractivity contribution >= 4 is 17.2 Å². The maximum atomic E-state index is 12.7. The quantitative estimate of drug-likeness (QED) is 0.927. The van der Waals surface area contributed by atoms with Crippen molar-refractivity contribution in [2.24, 2.45) is 17.6 Å². The second-order valence-electron chi connectivity index (χ2n) is 6.60. The predicted molar refractivity (Wildman–Crippen MR) is 82.6 cm³/mol. The maximum absolute atomic E-state index is 12.7. The molecule has 2 N–H and O–H groups in total. The largest absolute Gasteiger partial charge is 0.334 e. The summed E-state index contributed by atoms with van der Waals surface area (Å²) in [5, 5.41) is 2.17. The molecule has 2 atom stereocenters. The van der Waals surface area contributed by atoms with E-state index >= 15 is 0 Å². The molecule has 1 unspecified atom stereocenters. The molecule has 0 spiro atoms. The van der Waals surface area contributed by atoms with E-state index in [2.05, 4.69) is 30.2 Å². The average molecular weight is 292 g/mol. The van der Waals surface area contributed by atoms with Gasteiger partial charge in [-0.15, -0.1) is 11.3 Å². The molecule has 110 valence electrons. The van der Waals surface area contributed by atoms with Gasteiger partial charge in [0.05, 0.1) is 12.1 Å². The molecule has 1 aromatic rings. The molecule has 2 heterocycles. The number of carbonyl (C=O) groups is 1. The van der Waals surface area contributed by atoms with Gasteiger partial charge in [0.2, 0.25) is 5.91 Å². The fourth-order valence-electron chi connectivity index (χ4n) is 3.34. The maximum Gasteiger partial charge on any atom is 0.240 e. The highest BCUT2D eigenvalue weighted by molar-refractivity contribution is 7.10. The van der Waals surface area contributed by atoms with Crippen LogP contribution in [0.25, 0.3) is 0 Å². The minimum atomic E-state index is -0.337. The van der Waals surface area contributed by atoms with Crippen LogP contribution in [0.1, 0.15) is 49.6 Å². The van der Waals surface area contributed by atoms with E-state index in [9.17, 15) is 4.79 Å². The number of fused-ring (bicyclic) bond motifs is 1. The molecule has 1 saturated carbocycles. The van der Waals surface area contributed by atoms with Crippen LogP contribution in [-0.4, -0.2) is 23.4 Å². The summed E-state index contributed by atoms with van der Waals surface area (Å²) in [7, 11) is 0. The van der Waals surface area contributed by atoms with Gasteiger partial charge in [0, 0.05) is 11.4 Å². The summed E-state index contributed by atoms with van der Waals surface area (Å²) in [5.74, 6) is 1.29. The average Bonchev–Trinajstić information content (AvgIpc) is 3.12. The van der Waals surface area contributed by atoms with Gasteiger partial charge in [0.15, 0.2) is 0 Å². The summed E-state index contributed by atoms with van der Waals surface area (Å²) in [4.78, 5) is 16.3. The predicted octanol–water partition coefficient (Wildman–Crippen LogP) is 2.96. The lowest BCUT2D eigenvalue weighted by molar-refractivity contribution is -0.136. The Bertz CT molecular complexity index is 492. The smallest absolute Gasteiger partial charge is 0.240 e. The summed E-state index contributed by atoms with van der Waals surface area (Å²) in [6, 6.07) is 2.18. The van der Waals surface area contributed by atoms with E-state index in [0.717, 1.165) is 19.4 Å². The van der Waals surface area contributed by atoms with Gasteiger partial charge in [-0.2, -0.15) is 0 Å². The summed E-state index contributed by atoms with van der Waals surface area (Å²) in [6.45, 7) is 5.09. The van der Waals surface area contributed by atoms with E-state index in [1.807, 2.05) is 11.3 Å². The number of hydrogen-bond donors (Lipinski definition) is 1. The Morgan fingerprint density at radius 2 is 2.25 bits per heavy atom. The summed E-state index contributed by atoms with van der Waals surface area (Å²) < 4.78 is 0. The monoisotopic (exact) mass is 292 g/mol. The van der Waals surface area contributed by atoms with Crippen LogP contribution in [0.15, 0.2) is 11.4 Å². The van der Waals surface area contributed by atoms with Crippen molar-refractivity contribution in [2.45, 2.75) is 51.6 Å². The number of nitrogens with zero attached hydrogens (tertiary/aromatic N) is 1. The van der Waals surface area contributed by atoms with Gasteiger partial charge in [-0.05, 0) is 54.5 Å². The summed E-state index contributed by atoms with van der Waals surface area (Å²) in [6.07, 6.45) is 4.28. The standard InChI is InChI=1S/C16H24N2OS/c1-10(2)9-13(17)16(19)18-7-5-14-12(6-8-20-14)15(18)11-3-4-11/h6,8,10-11,13,15H,3-5,7,9,17H2,1-2H3/t13-,15?/m1/s1. The zero-order chi connectivity index (χ0) is 14.3. The fourth-order valence-corrected chi connectivity index (χ4v) is 4.25. The molecular formula is C16H24N2OS. The van der Waals surface area contributed by atoms with Crippen LogP contribution in [0, 0.1) is 11.8 Å². The third-order valence-corrected chi connectivity index (χ3v) is 5.40. The Morgan fingerprint density at radius 1 is 1.50 bits per heavy atom. The van der Waals surface area contributed by atoms with E-state index < -0.39 is 0 Å². The van der Waals surface area contributed by atoms with Crippen LogP contribution in [0.5, 0.6) is 0 Å². The number of amides is 1. The zero-order valence-corrected chi connectivity index (χ0v) is 13.2. The minimum absolute atomic E-state index is 0.160. The van der Waals surface area contributed by atoms with Crippen LogP contribution in [0.4, 0.5) is 0 Å². The minimum Gasteiger partial charge on any atom is -0.334 e. The molecule has 20 heavy (non-hydrogen) atoms. The van der Waals surface area contributed by atoms with E-state index in [1.165, 1.54) is 23.3 Å². The van der Waals surface area contributed by atoms with Crippen molar-refractivity contribution in [3.05, 3.63) is 21.9 Å². The van der Waals surface area contributed by atoms with Crippen molar-refractivity contribution in [3.63, 3.8) is 0 Å². The number of thiophene rings is 1. The lowest BCUT2D eigenvalue weighted by Gasteiger charge is -2.38. The van der Waals surface area contributed by atoms with Crippen LogP contribution in [0.2, 0.25) is 0 Å². The van der Waals surface area contributed by atoms with E-state index in [4.69, 9.17) is 5.73 Å². The molecule has 1 amide bonds. The molecule has 3 nitrogen and oxygen atoms in total. The lowest BCUT2D eigenvalue weighted by atomic mass is 9.94. The second kappa shape index (κ2) is 5.49. The topological polar surface area (TPSA) is 46.3 Å². The molecule has 0 saturated heterocycles. The normalized spacial score (nSPS) is 23.8. The van der Waals surface area contributed by atoms with Crippen molar-refractivity contribution in [2.75, 3.05) is 6.54 Å². The van der Waals surface area contributed by atoms with Crippen molar-refractivity contribution < 1.29 is 4.79 Å². The molecule has 0 bridgehead atoms. The van der Waals surface area contributed by atoms with Gasteiger partial charge in [0.25, 0.3) is 0 Å². The van der Waals surface area contributed by atoms with E-state index in [-0.39, 0.29) is 11.9 Å². The molecule has 0 radical (unpaired) electrons. The molecule has 1 aromatic heterocycles. The van der Waals surface area contributed by atoms with Gasteiger partial charge in [0.1, 0.15) is 0 Å². The van der Waals surface area contributed by atoms with E-state index in [1.54, 1.807) is 0 Å². The third-order valence-electron chi connectivity index (χ3n) is 4.41. The third kappa shape index (κ3) is 2.63. The van der Waals surface area contributed by atoms with Crippen molar-refractivity contribution in [1.29, 1.82) is 0 Å². The lowest BCUT2D eigenvalue weighted by Crippen LogP contribution is -2.48. The highest BCUT2D eigenvalue weighted by Crippen LogP contribution is 2.48. The number of nitrogens with two attached hydrogens (primary N) is 1. The van der Waals surface area contributed by atoms with Crippen LogP contribution in [0.3, 0.4) is 0 Å². The Morgan fingerprint density at radius 3 is 2.90 bits per heavy atom. The Labute approximate surface area is 125 Å². The van der Waals surface area contributed by atoms with Gasteiger partial charge >= 0.3 is 0 Å². The zero-order valence-electron chi connectivity index (χ0n) is 12.3. The highest BCUT2D eigenvalue weighted by atomic mass is 32.1. The molecule has 1 aliphatic heterocycles. The molecule has 3 rings (SSSR count). The van der Waals surface area contributed by atoms with Crippen LogP contribution in [-0.2, 0) is 11.2 Å². The molecule has 4 heteroatoms. The number of hydrogen-bond acceptors (Lipinski definition) is 3. The molecule has 2 aliphatic rings. The molecule has 1 fully saturated rings. The Hall–Kier alpha value is -0.870. The Balaban J connectivity index is 1.80. The van der Waals surface area contributed by atoms with Gasteiger partial charge in [-0.1, -0.05) is 13.8 Å². The van der Waals surface area contributed by atoms with Crippen LogP contribution < -0.4 is 5.73 Å². The first-order valence-corrected chi connectivity index (χ1v) is 8.58. The first-order chi connectivity index (χ1) is 9.58. The summed E-state index contributed by atoms with van der Waals surface area (Å²) in [5.41, 5.74) is 7.54. The Kier molecular flexibility index (Phi) is 3.87. The summed E-state index contributed by atoms with van der Waals surface area (Å²) >= 11 is 1.84. The first kappa shape index (κ1) is 14.1.